The molecule has 2 fully saturated rings. The summed E-state index contributed by atoms with van der Waals surface area (Å²) in [5.41, 5.74) is 6.60. The van der Waals surface area contributed by atoms with E-state index in [9.17, 15) is 10.00 Å². The first-order chi connectivity index (χ1) is 10.9. The average molecular weight is 359 g/mol. The molecule has 2 saturated heterocycles. The Hall–Kier alpha value is -1.01. The summed E-state index contributed by atoms with van der Waals surface area (Å²) >= 11 is 4.10. The van der Waals surface area contributed by atoms with Gasteiger partial charge in [-0.25, -0.2) is 0 Å². The molecule has 4 rings (SSSR count). The quantitative estimate of drug-likeness (QED) is 0.205. The number of rotatable bonds is 1. The summed E-state index contributed by atoms with van der Waals surface area (Å²) in [6.45, 7) is 0.152. The number of hydrogen-bond donors (Lipinski definition) is 4. The zero-order valence-corrected chi connectivity index (χ0v) is 13.9. The van der Waals surface area contributed by atoms with Gasteiger partial charge in [0.2, 0.25) is 0 Å². The van der Waals surface area contributed by atoms with Crippen LogP contribution in [-0.2, 0) is 13.8 Å². The van der Waals surface area contributed by atoms with Gasteiger partial charge in [-0.05, 0) is 0 Å². The van der Waals surface area contributed by atoms with Gasteiger partial charge in [0, 0.05) is 0 Å². The molecule has 0 spiro atoms. The fourth-order valence-corrected chi connectivity index (χ4v) is 4.41. The van der Waals surface area contributed by atoms with Gasteiger partial charge in [-0.2, -0.15) is 0 Å². The van der Waals surface area contributed by atoms with Gasteiger partial charge in [0.15, 0.2) is 0 Å². The van der Waals surface area contributed by atoms with Gasteiger partial charge in [0.1, 0.15) is 0 Å². The van der Waals surface area contributed by atoms with Gasteiger partial charge >= 0.3 is 137 Å². The van der Waals surface area contributed by atoms with Crippen LogP contribution in [0.25, 0.3) is 11.2 Å². The monoisotopic (exact) mass is 359 g/mol. The maximum absolute atomic E-state index is 10.5. The molecule has 124 valence electrons. The Morgan fingerprint density at radius 2 is 2.26 bits per heavy atom. The van der Waals surface area contributed by atoms with E-state index in [1.54, 1.807) is 4.57 Å². The Labute approximate surface area is 137 Å². The Morgan fingerprint density at radius 1 is 1.48 bits per heavy atom. The summed E-state index contributed by atoms with van der Waals surface area (Å²) < 4.78 is 18.1. The van der Waals surface area contributed by atoms with Crippen molar-refractivity contribution in [2.75, 3.05) is 12.3 Å². The summed E-state index contributed by atoms with van der Waals surface area (Å²) in [5.74, 6) is 0.193. The van der Waals surface area contributed by atoms with Gasteiger partial charge in [-0.1, -0.05) is 0 Å². The number of ether oxygens (including phenoxy) is 1. The fourth-order valence-electron chi connectivity index (χ4n) is 2.86. The van der Waals surface area contributed by atoms with E-state index in [-0.39, 0.29) is 17.6 Å². The molecule has 0 aromatic carbocycles. The summed E-state index contributed by atoms with van der Waals surface area (Å²) in [5, 5.41) is 10.7. The Morgan fingerprint density at radius 3 is 3.04 bits per heavy atom. The molecule has 4 N–H and O–H groups in total. The molecule has 2 aliphatic rings. The van der Waals surface area contributed by atoms with E-state index < -0.39 is 32.4 Å². The molecule has 0 saturated carbocycles. The number of aliphatic hydroxyl groups is 1. The Kier molecular flexibility index (Phi) is 3.54. The summed E-state index contributed by atoms with van der Waals surface area (Å²) in [7, 11) is -1.73. The summed E-state index contributed by atoms with van der Waals surface area (Å²) in [6, 6.07) is 0. The van der Waals surface area contributed by atoms with Gasteiger partial charge in [0.05, 0.1) is 0 Å². The van der Waals surface area contributed by atoms with E-state index >= 15 is 0 Å². The van der Waals surface area contributed by atoms with Crippen LogP contribution in [0, 0.1) is 0 Å². The van der Waals surface area contributed by atoms with E-state index in [1.807, 2.05) is 0 Å². The predicted molar refractivity (Wildman–Crippen MR) is 86.8 cm³/mol. The first-order valence-electron chi connectivity index (χ1n) is 6.92. The number of hydrogen-bond acceptors (Lipinski definition) is 10. The second-order valence-corrected chi connectivity index (χ2v) is 8.30. The van der Waals surface area contributed by atoms with Crippen molar-refractivity contribution in [3.63, 3.8) is 0 Å². The minimum atomic E-state index is -3.23. The molecule has 0 unspecified atom stereocenters. The third-order valence-corrected chi connectivity index (χ3v) is 5.50. The molecule has 4 heterocycles. The zero-order chi connectivity index (χ0) is 16.4. The molecule has 0 aliphatic carbocycles. The van der Waals surface area contributed by atoms with Gasteiger partial charge in [0.25, 0.3) is 0 Å². The van der Waals surface area contributed by atoms with Gasteiger partial charge in [-0.15, -0.1) is 0 Å². The van der Waals surface area contributed by atoms with Gasteiger partial charge < -0.3 is 0 Å². The van der Waals surface area contributed by atoms with E-state index in [2.05, 4.69) is 27.6 Å². The van der Waals surface area contributed by atoms with Crippen LogP contribution in [0.3, 0.4) is 0 Å². The Bertz CT molecular complexity index is 777. The van der Waals surface area contributed by atoms with Crippen LogP contribution >= 0.6 is 20.5 Å². The molecule has 2 aromatic rings. The van der Waals surface area contributed by atoms with E-state index in [1.165, 1.54) is 13.9 Å². The third-order valence-electron chi connectivity index (χ3n) is 3.89. The van der Waals surface area contributed by atoms with Crippen molar-refractivity contribution in [3.05, 3.63) is 6.33 Å². The SMILES string of the molecule is B[PH]1(O)OC[C@H]2O[C@@H](n3cnc4c(N)nc(S)nc43)[C@@H](O)[C@H]2O1. The molecule has 0 bridgehead atoms. The molecular weight excluding hydrogens is 344 g/mol. The molecule has 2 aromatic heterocycles. The van der Waals surface area contributed by atoms with Gasteiger partial charge in [-0.3, -0.25) is 0 Å². The number of aliphatic hydroxyl groups excluding tert-OH is 1. The van der Waals surface area contributed by atoms with Crippen LogP contribution in [0.1, 0.15) is 6.23 Å². The van der Waals surface area contributed by atoms with E-state index in [0.717, 1.165) is 0 Å². The predicted octanol–water partition coefficient (Wildman–Crippen LogP) is -1.59. The number of nitrogens with two attached hydrogens (primary N) is 1. The third kappa shape index (κ3) is 2.50. The molecule has 4 atom stereocenters. The van der Waals surface area contributed by atoms with Crippen molar-refractivity contribution in [2.45, 2.75) is 29.7 Å². The first-order valence-corrected chi connectivity index (χ1v) is 9.63. The number of imidazole rings is 1. The van der Waals surface area contributed by atoms with Crippen LogP contribution in [0.5, 0.6) is 0 Å². The molecule has 23 heavy (non-hydrogen) atoms. The molecule has 2 aliphatic heterocycles. The first kappa shape index (κ1) is 15.5. The van der Waals surface area contributed by atoms with E-state index in [0.29, 0.717) is 11.2 Å². The average Bonchev–Trinajstić information content (AvgIpc) is 3.00. The van der Waals surface area contributed by atoms with Crippen molar-refractivity contribution in [2.24, 2.45) is 0 Å². The molecule has 0 radical (unpaired) electrons. The number of nitrogen functional groups attached to an aromatic ring is 1. The zero-order valence-electron chi connectivity index (χ0n) is 12.0. The molecule has 10 nitrogen and oxygen atoms in total. The van der Waals surface area contributed by atoms with Crippen LogP contribution in [0.15, 0.2) is 11.5 Å². The normalized spacial score (nSPS) is 34.4. The van der Waals surface area contributed by atoms with Crippen molar-refractivity contribution >= 4 is 45.0 Å². The van der Waals surface area contributed by atoms with Crippen molar-refractivity contribution in [3.8, 4) is 0 Å². The number of anilines is 1. The molecule has 0 amide bonds. The van der Waals surface area contributed by atoms with Crippen molar-refractivity contribution < 1.29 is 23.8 Å². The number of thiol groups is 1. The van der Waals surface area contributed by atoms with Crippen LogP contribution in [0.4, 0.5) is 5.82 Å². The number of aromatic nitrogens is 4. The van der Waals surface area contributed by atoms with Crippen molar-refractivity contribution in [1.82, 2.24) is 19.5 Å². The number of fused-ring (bicyclic) bond motifs is 2. The van der Waals surface area contributed by atoms with E-state index in [4.69, 9.17) is 19.5 Å². The Balaban J connectivity index is 1.72. The van der Waals surface area contributed by atoms with Crippen LogP contribution in [-0.4, -0.2) is 62.0 Å². The van der Waals surface area contributed by atoms with Crippen LogP contribution in [0.2, 0.25) is 0 Å². The number of nitrogens with zero attached hydrogens (tertiary/aromatic N) is 4. The standard InChI is InChI=1S/C10H15BN5O5PS/c11-22(18)19-1-3-6(21-22)5(17)9(20-3)16-2-13-4-7(12)14-10(23)15-8(4)16/h2-3,5-6,9,17-18,22H,1,11H2,(H3,12,14,15,23)/t3-,5+,6+,9-/m1/s1. The molecular formula is C10H15BN5O5PS. The maximum atomic E-state index is 10.5. The second kappa shape index (κ2) is 5.25. The molecule has 13 heteroatoms. The fraction of sp³-hybridized carbons (Fsp3) is 0.500. The van der Waals surface area contributed by atoms with Crippen LogP contribution < -0.4 is 5.73 Å². The summed E-state index contributed by atoms with van der Waals surface area (Å²) in [4.78, 5) is 22.2. The second-order valence-electron chi connectivity index (χ2n) is 5.58. The minimum absolute atomic E-state index is 0.152. The topological polar surface area (TPSA) is 138 Å². The van der Waals surface area contributed by atoms with Crippen molar-refractivity contribution in [1.29, 1.82) is 0 Å². The summed E-state index contributed by atoms with van der Waals surface area (Å²) in [6.07, 6.45) is -1.51.